The summed E-state index contributed by atoms with van der Waals surface area (Å²) in [6.07, 6.45) is 3.58. The number of rotatable bonds is 7. The Morgan fingerprint density at radius 1 is 1.07 bits per heavy atom. The second kappa shape index (κ2) is 12.8. The van der Waals surface area contributed by atoms with Crippen molar-refractivity contribution in [2.24, 2.45) is 0 Å². The van der Waals surface area contributed by atoms with Gasteiger partial charge in [-0.2, -0.15) is 5.26 Å². The molecule has 2 fully saturated rings. The van der Waals surface area contributed by atoms with Crippen molar-refractivity contribution >= 4 is 29.2 Å². The van der Waals surface area contributed by atoms with Gasteiger partial charge in [0, 0.05) is 42.7 Å². The lowest BCUT2D eigenvalue weighted by molar-refractivity contribution is -0.128. The number of piperazine rings is 1. The number of aromatic nitrogens is 1. The summed E-state index contributed by atoms with van der Waals surface area (Å²) in [6.45, 7) is 9.01. The van der Waals surface area contributed by atoms with Crippen molar-refractivity contribution < 1.29 is 19.1 Å². The fourth-order valence-corrected chi connectivity index (χ4v) is 5.90. The van der Waals surface area contributed by atoms with Crippen molar-refractivity contribution in [2.75, 3.05) is 32.7 Å². The van der Waals surface area contributed by atoms with Gasteiger partial charge in [-0.15, -0.1) is 11.3 Å². The average Bonchev–Trinajstić information content (AvgIpc) is 3.40. The van der Waals surface area contributed by atoms with Gasteiger partial charge in [-0.25, -0.2) is 9.78 Å². The highest BCUT2D eigenvalue weighted by Gasteiger charge is 2.40. The Labute approximate surface area is 239 Å². The normalized spacial score (nSPS) is 17.5. The molecule has 214 valence electrons. The molecule has 2 heterocycles. The van der Waals surface area contributed by atoms with Crippen LogP contribution < -0.4 is 10.6 Å². The first-order valence-corrected chi connectivity index (χ1v) is 14.7. The molecule has 4 rings (SSSR count). The second-order valence-electron chi connectivity index (χ2n) is 11.4. The van der Waals surface area contributed by atoms with Gasteiger partial charge in [-0.1, -0.05) is 31.4 Å². The average molecular weight is 567 g/mol. The Kier molecular flexibility index (Phi) is 9.43. The van der Waals surface area contributed by atoms with Crippen LogP contribution in [0.1, 0.15) is 68.2 Å². The maximum Gasteiger partial charge on any atom is 0.410 e. The van der Waals surface area contributed by atoms with Gasteiger partial charge in [0.15, 0.2) is 0 Å². The summed E-state index contributed by atoms with van der Waals surface area (Å²) in [5.41, 5.74) is 0.750. The minimum absolute atomic E-state index is 0.0803. The maximum atomic E-state index is 13.1. The molecular weight excluding hydrogens is 528 g/mol. The number of carbonyl (C=O) groups excluding carboxylic acids is 3. The summed E-state index contributed by atoms with van der Waals surface area (Å²) >= 11 is 1.59. The summed E-state index contributed by atoms with van der Waals surface area (Å²) < 4.78 is 5.48. The third-order valence-corrected chi connectivity index (χ3v) is 8.03. The summed E-state index contributed by atoms with van der Waals surface area (Å²) in [7, 11) is 0. The van der Waals surface area contributed by atoms with Crippen molar-refractivity contribution in [2.45, 2.75) is 70.6 Å². The van der Waals surface area contributed by atoms with Crippen LogP contribution in [-0.4, -0.2) is 76.6 Å². The minimum atomic E-state index is -0.979. The van der Waals surface area contributed by atoms with Gasteiger partial charge in [0.1, 0.15) is 22.7 Å². The number of carbonyl (C=O) groups is 3. The Bertz CT molecular complexity index is 1230. The number of ether oxygens (including phenoxy) is 1. The van der Waals surface area contributed by atoms with Crippen LogP contribution in [0.2, 0.25) is 0 Å². The SMILES string of the molecule is CC(C)(C)OC(=O)N1CCN(Cc2nc(-c3ccc(C(=O)NC4(C(=O)NCC#N)CCCCC4)cc3)cs2)CC1. The molecule has 0 bridgehead atoms. The molecule has 11 heteroatoms. The first kappa shape index (κ1) is 29.5. The van der Waals surface area contributed by atoms with Crippen LogP contribution in [0.4, 0.5) is 4.79 Å². The van der Waals surface area contributed by atoms with Gasteiger partial charge >= 0.3 is 6.09 Å². The summed E-state index contributed by atoms with van der Waals surface area (Å²) in [6, 6.07) is 9.18. The van der Waals surface area contributed by atoms with Gasteiger partial charge in [0.25, 0.3) is 5.91 Å². The van der Waals surface area contributed by atoms with Gasteiger partial charge in [0.05, 0.1) is 18.3 Å². The lowest BCUT2D eigenvalue weighted by Crippen LogP contribution is -2.59. The maximum absolute atomic E-state index is 13.1. The Balaban J connectivity index is 1.32. The first-order chi connectivity index (χ1) is 19.1. The number of amides is 3. The summed E-state index contributed by atoms with van der Waals surface area (Å²) in [5, 5.41) is 17.5. The van der Waals surface area contributed by atoms with Crippen LogP contribution in [0.25, 0.3) is 11.3 Å². The van der Waals surface area contributed by atoms with E-state index >= 15 is 0 Å². The van der Waals surface area contributed by atoms with Gasteiger partial charge in [0.2, 0.25) is 5.91 Å². The molecule has 0 unspecified atom stereocenters. The second-order valence-corrected chi connectivity index (χ2v) is 12.3. The van der Waals surface area contributed by atoms with E-state index < -0.39 is 11.1 Å². The molecule has 1 aromatic carbocycles. The smallest absolute Gasteiger partial charge is 0.410 e. The van der Waals surface area contributed by atoms with Crippen LogP contribution in [0.3, 0.4) is 0 Å². The molecule has 0 radical (unpaired) electrons. The topological polar surface area (TPSA) is 128 Å². The van der Waals surface area contributed by atoms with Gasteiger partial charge in [-0.3, -0.25) is 14.5 Å². The van der Waals surface area contributed by atoms with E-state index in [0.717, 1.165) is 48.6 Å². The molecule has 2 aromatic rings. The molecular formula is C29H38N6O4S. The zero-order chi connectivity index (χ0) is 28.8. The zero-order valence-corrected chi connectivity index (χ0v) is 24.3. The fraction of sp³-hybridized carbons (Fsp3) is 0.552. The van der Waals surface area contributed by atoms with Crippen LogP contribution in [-0.2, 0) is 16.1 Å². The van der Waals surface area contributed by atoms with E-state index in [0.29, 0.717) is 38.0 Å². The molecule has 1 aliphatic heterocycles. The number of hydrogen-bond acceptors (Lipinski definition) is 8. The largest absolute Gasteiger partial charge is 0.444 e. The van der Waals surface area contributed by atoms with Crippen LogP contribution in [0.5, 0.6) is 0 Å². The number of nitrogens with zero attached hydrogens (tertiary/aromatic N) is 4. The Morgan fingerprint density at radius 3 is 2.38 bits per heavy atom. The van der Waals surface area contributed by atoms with Crippen LogP contribution in [0.15, 0.2) is 29.6 Å². The van der Waals surface area contributed by atoms with Crippen molar-refractivity contribution in [3.8, 4) is 17.3 Å². The van der Waals surface area contributed by atoms with Crippen molar-refractivity contribution in [1.29, 1.82) is 5.26 Å². The van der Waals surface area contributed by atoms with Gasteiger partial charge in [-0.05, 0) is 45.7 Å². The van der Waals surface area contributed by atoms with Crippen molar-refractivity contribution in [1.82, 2.24) is 25.4 Å². The van der Waals surface area contributed by atoms with E-state index in [4.69, 9.17) is 15.0 Å². The lowest BCUT2D eigenvalue weighted by atomic mass is 9.80. The number of nitriles is 1. The highest BCUT2D eigenvalue weighted by molar-refractivity contribution is 7.09. The molecule has 40 heavy (non-hydrogen) atoms. The van der Waals surface area contributed by atoms with Crippen molar-refractivity contribution in [3.05, 3.63) is 40.2 Å². The Morgan fingerprint density at radius 2 is 1.75 bits per heavy atom. The molecule has 0 atom stereocenters. The first-order valence-electron chi connectivity index (χ1n) is 13.8. The molecule has 1 saturated heterocycles. The van der Waals surface area contributed by atoms with Crippen LogP contribution in [0, 0.1) is 11.3 Å². The predicted octanol–water partition coefficient (Wildman–Crippen LogP) is 3.94. The Hall–Kier alpha value is -3.49. The third kappa shape index (κ3) is 7.58. The predicted molar refractivity (Wildman–Crippen MR) is 153 cm³/mol. The quantitative estimate of drug-likeness (QED) is 0.486. The van der Waals surface area contributed by atoms with E-state index in [1.165, 1.54) is 0 Å². The summed E-state index contributed by atoms with van der Waals surface area (Å²) in [5.74, 6) is -0.593. The molecule has 0 spiro atoms. The van der Waals surface area contributed by atoms with E-state index in [-0.39, 0.29) is 24.5 Å². The zero-order valence-electron chi connectivity index (χ0n) is 23.5. The van der Waals surface area contributed by atoms with Gasteiger partial charge < -0.3 is 20.3 Å². The number of hydrogen-bond donors (Lipinski definition) is 2. The molecule has 1 aromatic heterocycles. The molecule has 1 aliphatic carbocycles. The highest BCUT2D eigenvalue weighted by Crippen LogP contribution is 2.29. The standard InChI is InChI=1S/C29H38N6O4S/c1-28(2,3)39-27(38)35-17-15-34(16-18-35)19-24-32-23(20-40-24)21-7-9-22(10-8-21)25(36)33-29(11-5-4-6-12-29)26(37)31-14-13-30/h7-10,20H,4-6,11-12,14-19H2,1-3H3,(H,31,37)(H,33,36). The van der Waals surface area contributed by atoms with E-state index in [1.807, 2.05) is 44.4 Å². The number of nitrogens with one attached hydrogen (secondary N) is 2. The molecule has 2 aliphatic rings. The van der Waals surface area contributed by atoms with Crippen molar-refractivity contribution in [3.63, 3.8) is 0 Å². The monoisotopic (exact) mass is 566 g/mol. The number of benzene rings is 1. The van der Waals surface area contributed by atoms with Crippen LogP contribution >= 0.6 is 11.3 Å². The molecule has 3 amide bonds. The number of thiazole rings is 1. The minimum Gasteiger partial charge on any atom is -0.444 e. The molecule has 2 N–H and O–H groups in total. The highest BCUT2D eigenvalue weighted by atomic mass is 32.1. The lowest BCUT2D eigenvalue weighted by Gasteiger charge is -2.36. The third-order valence-electron chi connectivity index (χ3n) is 7.20. The van der Waals surface area contributed by atoms with E-state index in [1.54, 1.807) is 28.4 Å². The van der Waals surface area contributed by atoms with E-state index in [2.05, 4.69) is 15.5 Å². The molecule has 1 saturated carbocycles. The molecule has 10 nitrogen and oxygen atoms in total. The summed E-state index contributed by atoms with van der Waals surface area (Å²) in [4.78, 5) is 47.1. The fourth-order valence-electron chi connectivity index (χ4n) is 5.06. The van der Waals surface area contributed by atoms with E-state index in [9.17, 15) is 14.4 Å².